The van der Waals surface area contributed by atoms with Gasteiger partial charge < -0.3 is 39.4 Å². The number of fused-ring (bicyclic) bond motifs is 3. The molecule has 1 saturated heterocycles. The number of amides is 3. The molecule has 62 heavy (non-hydrogen) atoms. The van der Waals surface area contributed by atoms with Gasteiger partial charge in [0.2, 0.25) is 11.8 Å². The third-order valence-corrected chi connectivity index (χ3v) is 13.4. The van der Waals surface area contributed by atoms with E-state index in [1.807, 2.05) is 94.1 Å². The van der Waals surface area contributed by atoms with Crippen LogP contribution in [0.4, 0.5) is 4.79 Å². The third kappa shape index (κ3) is 11.2. The van der Waals surface area contributed by atoms with E-state index in [0.29, 0.717) is 24.4 Å². The summed E-state index contributed by atoms with van der Waals surface area (Å²) >= 11 is 5.88. The topological polar surface area (TPSA) is 136 Å². The number of esters is 1. The second kappa shape index (κ2) is 22.5. The van der Waals surface area contributed by atoms with Crippen LogP contribution in [0.3, 0.4) is 0 Å². The van der Waals surface area contributed by atoms with E-state index in [1.54, 1.807) is 26.2 Å². The van der Waals surface area contributed by atoms with Gasteiger partial charge in [-0.3, -0.25) is 9.59 Å². The van der Waals surface area contributed by atoms with Gasteiger partial charge in [-0.05, 0) is 52.5 Å². The Morgan fingerprint density at radius 1 is 0.855 bits per heavy atom. The molecule has 0 aromatic heterocycles. The number of methoxy groups -OCH3 is 3. The molecule has 1 fully saturated rings. The highest BCUT2D eigenvalue weighted by atomic mass is 32.1. The first-order chi connectivity index (χ1) is 29.8. The molecule has 12 nitrogen and oxygen atoms in total. The van der Waals surface area contributed by atoms with Crippen LogP contribution in [0.2, 0.25) is 0 Å². The van der Waals surface area contributed by atoms with Crippen LogP contribution >= 0.6 is 12.2 Å². The van der Waals surface area contributed by atoms with Gasteiger partial charge in [0.15, 0.2) is 0 Å². The van der Waals surface area contributed by atoms with Gasteiger partial charge in [0.1, 0.15) is 18.7 Å². The summed E-state index contributed by atoms with van der Waals surface area (Å²) in [6.45, 7) is 10.5. The van der Waals surface area contributed by atoms with Crippen molar-refractivity contribution in [2.45, 2.75) is 109 Å². The van der Waals surface area contributed by atoms with Crippen molar-refractivity contribution >= 4 is 41.1 Å². The molecule has 2 aliphatic rings. The van der Waals surface area contributed by atoms with Crippen LogP contribution in [0.15, 0.2) is 78.9 Å². The Kier molecular flexibility index (Phi) is 17.5. The molecule has 8 atom stereocenters. The molecule has 13 heteroatoms. The summed E-state index contributed by atoms with van der Waals surface area (Å²) < 4.78 is 23.1. The fourth-order valence-electron chi connectivity index (χ4n) is 9.29. The van der Waals surface area contributed by atoms with Gasteiger partial charge in [-0.1, -0.05) is 132 Å². The molecule has 2 N–H and O–H groups in total. The lowest BCUT2D eigenvalue weighted by atomic mass is 9.89. The van der Waals surface area contributed by atoms with E-state index in [2.05, 4.69) is 34.9 Å². The number of nitrogens with zero attached hydrogens (tertiary/aromatic N) is 2. The predicted octanol–water partition coefficient (Wildman–Crippen LogP) is 7.17. The van der Waals surface area contributed by atoms with Crippen molar-refractivity contribution in [1.29, 1.82) is 0 Å². The molecule has 7 unspecified atom stereocenters. The Morgan fingerprint density at radius 2 is 1.47 bits per heavy atom. The van der Waals surface area contributed by atoms with E-state index in [0.717, 1.165) is 40.7 Å². The Bertz CT molecular complexity index is 1950. The van der Waals surface area contributed by atoms with Gasteiger partial charge in [0.25, 0.3) is 0 Å². The molecule has 5 rings (SSSR count). The molecular formula is C49H66N4O8S. The highest BCUT2D eigenvalue weighted by Crippen LogP contribution is 2.44. The van der Waals surface area contributed by atoms with Crippen molar-refractivity contribution in [1.82, 2.24) is 20.4 Å². The zero-order valence-corrected chi connectivity index (χ0v) is 38.6. The van der Waals surface area contributed by atoms with E-state index in [1.165, 1.54) is 7.11 Å². The molecule has 0 spiro atoms. The molecule has 1 aliphatic carbocycles. The minimum Gasteiger partial charge on any atom is -0.467 e. The quantitative estimate of drug-likeness (QED) is 0.0889. The molecule has 3 aromatic rings. The van der Waals surface area contributed by atoms with Crippen LogP contribution in [0.1, 0.15) is 82.9 Å². The molecule has 0 saturated carbocycles. The van der Waals surface area contributed by atoms with Gasteiger partial charge in [0.05, 0.1) is 42.8 Å². The van der Waals surface area contributed by atoms with Gasteiger partial charge in [-0.25, -0.2) is 9.59 Å². The fraction of sp³-hybridized carbons (Fsp3) is 0.531. The summed E-state index contributed by atoms with van der Waals surface area (Å²) in [7, 11) is 6.26. The second-order valence-corrected chi connectivity index (χ2v) is 17.5. The van der Waals surface area contributed by atoms with Crippen LogP contribution in [-0.2, 0) is 39.8 Å². The maximum atomic E-state index is 14.4. The molecule has 0 bridgehead atoms. The van der Waals surface area contributed by atoms with Crippen LogP contribution in [0.5, 0.6) is 0 Å². The number of ether oxygens (including phenoxy) is 4. The zero-order valence-electron chi connectivity index (χ0n) is 37.8. The van der Waals surface area contributed by atoms with Crippen molar-refractivity contribution in [2.24, 2.45) is 17.8 Å². The summed E-state index contributed by atoms with van der Waals surface area (Å²) in [5.74, 6) is -1.60. The van der Waals surface area contributed by atoms with Crippen LogP contribution < -0.4 is 10.6 Å². The summed E-state index contributed by atoms with van der Waals surface area (Å²) in [6.07, 6.45) is 0.869. The maximum Gasteiger partial charge on any atom is 0.407 e. The number of rotatable bonds is 20. The Morgan fingerprint density at radius 3 is 2.03 bits per heavy atom. The average Bonchev–Trinajstić information content (AvgIpc) is 3.90. The van der Waals surface area contributed by atoms with Crippen LogP contribution in [0.25, 0.3) is 11.1 Å². The van der Waals surface area contributed by atoms with E-state index in [9.17, 15) is 19.2 Å². The molecule has 1 aliphatic heterocycles. The number of alkyl carbamates (subject to hydrolysis) is 1. The Balaban J connectivity index is 1.25. The first-order valence-electron chi connectivity index (χ1n) is 21.9. The van der Waals surface area contributed by atoms with E-state index >= 15 is 0 Å². The summed E-state index contributed by atoms with van der Waals surface area (Å²) in [5, 5.41) is 6.11. The summed E-state index contributed by atoms with van der Waals surface area (Å²) in [4.78, 5) is 59.0. The molecular weight excluding hydrogens is 805 g/mol. The smallest absolute Gasteiger partial charge is 0.407 e. The van der Waals surface area contributed by atoms with Crippen molar-refractivity contribution in [2.75, 3.05) is 41.5 Å². The van der Waals surface area contributed by atoms with Crippen molar-refractivity contribution in [3.8, 4) is 11.1 Å². The van der Waals surface area contributed by atoms with E-state index < -0.39 is 42.4 Å². The maximum absolute atomic E-state index is 14.4. The number of carbonyl (C=O) groups is 4. The Hall–Kier alpha value is -4.85. The van der Waals surface area contributed by atoms with Crippen molar-refractivity contribution in [3.05, 3.63) is 95.6 Å². The zero-order chi connectivity index (χ0) is 45.1. The second-order valence-electron chi connectivity index (χ2n) is 17.1. The van der Waals surface area contributed by atoms with Crippen LogP contribution in [-0.4, -0.2) is 117 Å². The van der Waals surface area contributed by atoms with E-state index in [4.69, 9.17) is 31.2 Å². The number of hydrogen-bond acceptors (Lipinski definition) is 9. The summed E-state index contributed by atoms with van der Waals surface area (Å²) in [6, 6.07) is 23.6. The minimum absolute atomic E-state index is 0.0286. The number of likely N-dealkylation sites (tertiary alicyclic amines) is 1. The molecule has 3 aromatic carbocycles. The molecule has 1 heterocycles. The number of hydrogen-bond donors (Lipinski definition) is 2. The number of likely N-dealkylation sites (N-methyl/N-ethyl adjacent to an activating group) is 1. The first-order valence-corrected chi connectivity index (χ1v) is 22.3. The number of benzene rings is 3. The van der Waals surface area contributed by atoms with Crippen molar-refractivity contribution < 1.29 is 38.1 Å². The molecule has 336 valence electrons. The number of thiocarbonyl (C=S) groups is 1. The van der Waals surface area contributed by atoms with Gasteiger partial charge in [-0.2, -0.15) is 0 Å². The highest BCUT2D eigenvalue weighted by molar-refractivity contribution is 7.80. The monoisotopic (exact) mass is 870 g/mol. The minimum atomic E-state index is -0.883. The lowest BCUT2D eigenvalue weighted by Crippen LogP contribution is -2.58. The Labute approximate surface area is 373 Å². The average molecular weight is 871 g/mol. The first kappa shape index (κ1) is 48.2. The highest BCUT2D eigenvalue weighted by Gasteiger charge is 2.43. The van der Waals surface area contributed by atoms with Gasteiger partial charge in [-0.15, -0.1) is 0 Å². The van der Waals surface area contributed by atoms with Crippen LogP contribution in [0, 0.1) is 17.8 Å². The van der Waals surface area contributed by atoms with Crippen molar-refractivity contribution in [3.63, 3.8) is 0 Å². The third-order valence-electron chi connectivity index (χ3n) is 12.9. The largest absolute Gasteiger partial charge is 0.467 e. The summed E-state index contributed by atoms with van der Waals surface area (Å²) in [5.41, 5.74) is 5.43. The van der Waals surface area contributed by atoms with E-state index in [-0.39, 0.29) is 54.6 Å². The van der Waals surface area contributed by atoms with Gasteiger partial charge >= 0.3 is 12.1 Å². The fourth-order valence-corrected chi connectivity index (χ4v) is 9.57. The predicted molar refractivity (Wildman–Crippen MR) is 245 cm³/mol. The van der Waals surface area contributed by atoms with Gasteiger partial charge in [0, 0.05) is 46.1 Å². The number of nitrogens with one attached hydrogen (secondary N) is 2. The lowest BCUT2D eigenvalue weighted by Gasteiger charge is -2.41. The standard InChI is InChI=1S/C49H66N4O8S/c1-10-31(4)44(52(6)47(55)43(30(2)3)51-49(57)61-29-38-36-23-16-14-21-34(36)35-22-15-17-24-37(35)38)41(58-7)28-42(54)53-26-18-25-40(53)45(59-8)32(5)46(62)50-39(48(56)60-9)27-33-19-12-11-13-20-33/h11-17,19-24,30-32,38-41,43-45H,10,18,25-29H2,1-9H3,(H,50,62)(H,51,57)/t31?,32?,39?,40-,41?,43?,44?,45?/m0/s1. The molecule has 0 radical (unpaired) electrons. The number of carbonyl (C=O) groups excluding carboxylic acids is 4. The normalized spacial score (nSPS) is 18.0. The lowest BCUT2D eigenvalue weighted by molar-refractivity contribution is -0.145. The SMILES string of the molecule is CCC(C)C(C(CC(=O)N1CCC[C@H]1C(OC)C(C)C(=S)NC(Cc1ccccc1)C(=O)OC)OC)N(C)C(=O)C(NC(=O)OCC1c2ccccc2-c2ccccc21)C(C)C. The molecule has 3 amide bonds.